The molecule has 0 saturated carbocycles. The first-order valence-corrected chi connectivity index (χ1v) is 13.6. The van der Waals surface area contributed by atoms with Gasteiger partial charge in [-0.3, -0.25) is 4.79 Å². The minimum absolute atomic E-state index is 0.359. The zero-order valence-electron chi connectivity index (χ0n) is 23.3. The van der Waals surface area contributed by atoms with Gasteiger partial charge in [0.2, 0.25) is 0 Å². The van der Waals surface area contributed by atoms with E-state index in [4.69, 9.17) is 9.72 Å². The quantitative estimate of drug-likeness (QED) is 0.181. The number of pyridine rings is 1. The van der Waals surface area contributed by atoms with E-state index in [-0.39, 0.29) is 5.91 Å². The molecule has 8 heteroatoms. The molecule has 0 fully saturated rings. The number of hydrogen-bond acceptors (Lipinski definition) is 3. The molecule has 214 valence electrons. The molecule has 2 aromatic heterocycles. The highest BCUT2D eigenvalue weighted by atomic mass is 19.4. The normalized spacial score (nSPS) is 11.4. The van der Waals surface area contributed by atoms with Crippen molar-refractivity contribution in [3.8, 4) is 22.7 Å². The number of carbonyl (C=O) groups excluding carboxylic acids is 1. The molecule has 3 aromatic carbocycles. The van der Waals surface area contributed by atoms with Gasteiger partial charge >= 0.3 is 6.18 Å². The van der Waals surface area contributed by atoms with Gasteiger partial charge in [0.25, 0.3) is 5.91 Å². The Morgan fingerprint density at radius 2 is 1.52 bits per heavy atom. The van der Waals surface area contributed by atoms with Gasteiger partial charge in [-0.05, 0) is 105 Å². The summed E-state index contributed by atoms with van der Waals surface area (Å²) in [7, 11) is 0. The lowest BCUT2D eigenvalue weighted by molar-refractivity contribution is -0.137. The topological polar surface area (TPSA) is 56.1 Å². The summed E-state index contributed by atoms with van der Waals surface area (Å²) in [5.74, 6) is 1.23. The Kier molecular flexibility index (Phi) is 8.43. The highest BCUT2D eigenvalue weighted by molar-refractivity contribution is 6.08. The molecule has 0 atom stereocenters. The predicted molar refractivity (Wildman–Crippen MR) is 158 cm³/mol. The first-order valence-electron chi connectivity index (χ1n) is 13.6. The first-order chi connectivity index (χ1) is 20.2. The summed E-state index contributed by atoms with van der Waals surface area (Å²) in [4.78, 5) is 17.9. The van der Waals surface area contributed by atoms with Crippen molar-refractivity contribution in [2.75, 3.05) is 11.9 Å². The Balaban J connectivity index is 1.15. The fourth-order valence-electron chi connectivity index (χ4n) is 4.81. The smallest absolute Gasteiger partial charge is 0.416 e. The van der Waals surface area contributed by atoms with Crippen LogP contribution in [-0.4, -0.2) is 22.1 Å². The average Bonchev–Trinajstić information content (AvgIpc) is 3.33. The number of ether oxygens (including phenoxy) is 1. The molecular formula is C34H30F3N3O2. The van der Waals surface area contributed by atoms with Crippen molar-refractivity contribution in [3.05, 3.63) is 131 Å². The van der Waals surface area contributed by atoms with Crippen molar-refractivity contribution < 1.29 is 22.7 Å². The van der Waals surface area contributed by atoms with Gasteiger partial charge in [0, 0.05) is 28.3 Å². The summed E-state index contributed by atoms with van der Waals surface area (Å²) >= 11 is 0. The maximum atomic E-state index is 13.1. The molecule has 0 spiro atoms. The minimum atomic E-state index is -4.42. The third-order valence-electron chi connectivity index (χ3n) is 6.95. The van der Waals surface area contributed by atoms with Gasteiger partial charge in [0.05, 0.1) is 12.2 Å². The number of halogens is 3. The van der Waals surface area contributed by atoms with Crippen LogP contribution < -0.4 is 10.1 Å². The molecule has 1 amide bonds. The summed E-state index contributed by atoms with van der Waals surface area (Å²) in [6.07, 6.45) is -2.85. The lowest BCUT2D eigenvalue weighted by atomic mass is 9.98. The van der Waals surface area contributed by atoms with Crippen LogP contribution in [0.2, 0.25) is 0 Å². The van der Waals surface area contributed by atoms with E-state index in [1.165, 1.54) is 12.1 Å². The Labute approximate surface area is 242 Å². The van der Waals surface area contributed by atoms with E-state index < -0.39 is 11.7 Å². The van der Waals surface area contributed by atoms with E-state index in [2.05, 4.69) is 35.9 Å². The van der Waals surface area contributed by atoms with Gasteiger partial charge in [-0.25, -0.2) is 4.98 Å². The molecule has 0 aliphatic carbocycles. The fraction of sp³-hybridized carbons (Fsp3) is 0.176. The number of nitrogens with one attached hydrogen (secondary N) is 1. The van der Waals surface area contributed by atoms with Crippen molar-refractivity contribution in [1.29, 1.82) is 0 Å². The molecule has 0 radical (unpaired) electrons. The first kappa shape index (κ1) is 28.7. The van der Waals surface area contributed by atoms with Crippen molar-refractivity contribution in [1.82, 2.24) is 9.55 Å². The van der Waals surface area contributed by atoms with Crippen LogP contribution in [0.25, 0.3) is 16.9 Å². The third-order valence-corrected chi connectivity index (χ3v) is 6.95. The molecule has 42 heavy (non-hydrogen) atoms. The number of anilines is 1. The lowest BCUT2D eigenvalue weighted by Gasteiger charge is -2.12. The molecule has 0 unspecified atom stereocenters. The predicted octanol–water partition coefficient (Wildman–Crippen LogP) is 8.44. The van der Waals surface area contributed by atoms with Gasteiger partial charge in [0.15, 0.2) is 0 Å². The molecule has 5 rings (SSSR count). The van der Waals surface area contributed by atoms with Crippen molar-refractivity contribution in [2.45, 2.75) is 32.9 Å². The number of aromatic nitrogens is 2. The molecule has 0 aliphatic heterocycles. The van der Waals surface area contributed by atoms with Crippen molar-refractivity contribution in [3.63, 3.8) is 0 Å². The van der Waals surface area contributed by atoms with E-state index in [0.29, 0.717) is 34.7 Å². The summed E-state index contributed by atoms with van der Waals surface area (Å²) < 4.78 is 46.9. The van der Waals surface area contributed by atoms with Gasteiger partial charge < -0.3 is 14.6 Å². The second kappa shape index (κ2) is 12.3. The number of hydrogen-bond donors (Lipinski definition) is 1. The van der Waals surface area contributed by atoms with E-state index in [0.717, 1.165) is 47.9 Å². The van der Waals surface area contributed by atoms with Crippen LogP contribution >= 0.6 is 0 Å². The molecule has 5 aromatic rings. The summed E-state index contributed by atoms with van der Waals surface area (Å²) in [6, 6.07) is 28.9. The van der Waals surface area contributed by atoms with Crippen LogP contribution in [0.5, 0.6) is 5.75 Å². The molecule has 5 nitrogen and oxygen atoms in total. The molecule has 0 bridgehead atoms. The van der Waals surface area contributed by atoms with Crippen LogP contribution in [-0.2, 0) is 12.6 Å². The summed E-state index contributed by atoms with van der Waals surface area (Å²) in [5, 5.41) is 2.86. The zero-order valence-corrected chi connectivity index (χ0v) is 23.3. The third kappa shape index (κ3) is 6.71. The van der Waals surface area contributed by atoms with Crippen LogP contribution in [0, 0.1) is 13.8 Å². The lowest BCUT2D eigenvalue weighted by Crippen LogP contribution is -2.13. The van der Waals surface area contributed by atoms with Crippen LogP contribution in [0.15, 0.2) is 103 Å². The van der Waals surface area contributed by atoms with E-state index >= 15 is 0 Å². The monoisotopic (exact) mass is 569 g/mol. The van der Waals surface area contributed by atoms with Crippen LogP contribution in [0.4, 0.5) is 18.9 Å². The number of aryl methyl sites for hydroxylation is 3. The SMILES string of the molecule is Cc1ccc(C)n1-c1cccc(CCCOc2ccc(NC(=O)c3ccccc3-c3ccc(C(F)(F)F)cc3)cc2)n1. The summed E-state index contributed by atoms with van der Waals surface area (Å²) in [6.45, 7) is 4.64. The van der Waals surface area contributed by atoms with E-state index in [9.17, 15) is 18.0 Å². The Hall–Kier alpha value is -4.85. The minimum Gasteiger partial charge on any atom is -0.494 e. The van der Waals surface area contributed by atoms with Crippen LogP contribution in [0.3, 0.4) is 0 Å². The largest absolute Gasteiger partial charge is 0.494 e. The van der Waals surface area contributed by atoms with Crippen molar-refractivity contribution >= 4 is 11.6 Å². The maximum absolute atomic E-state index is 13.1. The Morgan fingerprint density at radius 1 is 0.833 bits per heavy atom. The standard InChI is InChI=1S/C34H30F3N3O2/c1-23-12-13-24(2)40(23)32-11-5-7-27(38-32)8-6-22-42-29-20-18-28(19-21-29)39-33(41)31-10-4-3-9-30(31)25-14-16-26(17-15-25)34(35,36)37/h3-5,7,9-21H,6,8,22H2,1-2H3,(H,39,41). The number of rotatable bonds is 9. The number of amides is 1. The van der Waals surface area contributed by atoms with Gasteiger partial charge in [0.1, 0.15) is 11.6 Å². The fourth-order valence-corrected chi connectivity index (χ4v) is 4.81. The van der Waals surface area contributed by atoms with Gasteiger partial charge in [-0.1, -0.05) is 36.4 Å². The highest BCUT2D eigenvalue weighted by Gasteiger charge is 2.30. The highest BCUT2D eigenvalue weighted by Crippen LogP contribution is 2.32. The molecule has 2 heterocycles. The van der Waals surface area contributed by atoms with Crippen LogP contribution in [0.1, 0.15) is 39.4 Å². The number of carbonyl (C=O) groups is 1. The van der Waals surface area contributed by atoms with Crippen molar-refractivity contribution in [2.24, 2.45) is 0 Å². The van der Waals surface area contributed by atoms with Gasteiger partial charge in [-0.15, -0.1) is 0 Å². The maximum Gasteiger partial charge on any atom is 0.416 e. The summed E-state index contributed by atoms with van der Waals surface area (Å²) in [5.41, 5.74) is 4.55. The number of alkyl halides is 3. The molecule has 1 N–H and O–H groups in total. The van der Waals surface area contributed by atoms with Gasteiger partial charge in [-0.2, -0.15) is 13.2 Å². The Bertz CT molecular complexity index is 1650. The second-order valence-electron chi connectivity index (χ2n) is 9.99. The molecule has 0 aliphatic rings. The van der Waals surface area contributed by atoms with E-state index in [1.54, 1.807) is 48.5 Å². The van der Waals surface area contributed by atoms with E-state index in [1.807, 2.05) is 18.2 Å². The Morgan fingerprint density at radius 3 is 2.21 bits per heavy atom. The zero-order chi connectivity index (χ0) is 29.7. The molecule has 0 saturated heterocycles. The number of nitrogens with zero attached hydrogens (tertiary/aromatic N) is 2. The number of benzene rings is 3. The molecular weight excluding hydrogens is 539 g/mol. The second-order valence-corrected chi connectivity index (χ2v) is 9.99. The average molecular weight is 570 g/mol.